The zero-order valence-electron chi connectivity index (χ0n) is 16.9. The molecule has 0 fully saturated rings. The van der Waals surface area contributed by atoms with Gasteiger partial charge in [0.25, 0.3) is 0 Å². The van der Waals surface area contributed by atoms with Crippen LogP contribution in [0.2, 0.25) is 0 Å². The second-order valence-electron chi connectivity index (χ2n) is 7.12. The Morgan fingerprint density at radius 3 is 2.77 bits per heavy atom. The standard InChI is InChI=1S/C20H21N7O2S/c1-12-18-24-25-19(20-23-15-9-21-22-10-17(15)30-20)27(18)7-6-26(12)11-13-4-5-14(28-2)8-16(13)29-3/h4-5,8-10,12H,6-7,11H2,1-3H3/t12-/m1/s1. The smallest absolute Gasteiger partial charge is 0.193 e. The number of thiazole rings is 1. The number of hydrogen-bond acceptors (Lipinski definition) is 9. The Hall–Kier alpha value is -3.11. The first-order valence-electron chi connectivity index (χ1n) is 9.63. The van der Waals surface area contributed by atoms with Gasteiger partial charge in [-0.2, -0.15) is 10.2 Å². The van der Waals surface area contributed by atoms with Crippen LogP contribution in [0.1, 0.15) is 24.4 Å². The Morgan fingerprint density at radius 2 is 1.97 bits per heavy atom. The number of nitrogens with zero attached hydrogens (tertiary/aromatic N) is 7. The molecule has 0 spiro atoms. The Morgan fingerprint density at radius 1 is 1.10 bits per heavy atom. The Kier molecular flexibility index (Phi) is 4.80. The van der Waals surface area contributed by atoms with Crippen LogP contribution >= 0.6 is 11.3 Å². The van der Waals surface area contributed by atoms with E-state index in [0.717, 1.165) is 63.6 Å². The highest BCUT2D eigenvalue weighted by Crippen LogP contribution is 2.34. The Balaban J connectivity index is 1.42. The maximum Gasteiger partial charge on any atom is 0.193 e. The van der Waals surface area contributed by atoms with Gasteiger partial charge in [0.2, 0.25) is 0 Å². The largest absolute Gasteiger partial charge is 0.497 e. The van der Waals surface area contributed by atoms with E-state index < -0.39 is 0 Å². The number of benzene rings is 1. The summed E-state index contributed by atoms with van der Waals surface area (Å²) in [6.45, 7) is 4.59. The first kappa shape index (κ1) is 18.9. The van der Waals surface area contributed by atoms with Gasteiger partial charge >= 0.3 is 0 Å². The van der Waals surface area contributed by atoms with E-state index in [0.29, 0.717) is 0 Å². The molecule has 0 saturated carbocycles. The summed E-state index contributed by atoms with van der Waals surface area (Å²) in [4.78, 5) is 7.04. The zero-order valence-corrected chi connectivity index (χ0v) is 17.8. The average Bonchev–Trinajstić information content (AvgIpc) is 3.40. The van der Waals surface area contributed by atoms with Crippen LogP contribution in [0, 0.1) is 0 Å². The fourth-order valence-corrected chi connectivity index (χ4v) is 4.70. The molecule has 4 aromatic rings. The van der Waals surface area contributed by atoms with Gasteiger partial charge in [-0.1, -0.05) is 6.07 Å². The number of aromatic nitrogens is 6. The first-order valence-corrected chi connectivity index (χ1v) is 10.4. The summed E-state index contributed by atoms with van der Waals surface area (Å²) in [5, 5.41) is 17.7. The molecular weight excluding hydrogens is 402 g/mol. The fourth-order valence-electron chi connectivity index (χ4n) is 3.80. The normalized spacial score (nSPS) is 16.6. The van der Waals surface area contributed by atoms with Crippen molar-refractivity contribution in [2.24, 2.45) is 0 Å². The summed E-state index contributed by atoms with van der Waals surface area (Å²) in [5.41, 5.74) is 1.95. The summed E-state index contributed by atoms with van der Waals surface area (Å²) in [7, 11) is 3.34. The molecule has 0 aliphatic carbocycles. The monoisotopic (exact) mass is 423 g/mol. The fraction of sp³-hybridized carbons (Fsp3) is 0.350. The molecular formula is C20H21N7O2S. The van der Waals surface area contributed by atoms with Crippen LogP contribution in [-0.2, 0) is 13.1 Å². The predicted octanol–water partition coefficient (Wildman–Crippen LogP) is 2.94. The molecule has 9 nitrogen and oxygen atoms in total. The molecule has 10 heteroatoms. The molecule has 5 rings (SSSR count). The van der Waals surface area contributed by atoms with Crippen molar-refractivity contribution in [2.45, 2.75) is 26.1 Å². The zero-order chi connectivity index (χ0) is 20.7. The molecule has 1 aromatic carbocycles. The molecule has 0 radical (unpaired) electrons. The molecule has 0 amide bonds. The third kappa shape index (κ3) is 3.17. The van der Waals surface area contributed by atoms with Gasteiger partial charge in [0.1, 0.15) is 17.0 Å². The van der Waals surface area contributed by atoms with E-state index in [1.165, 1.54) is 0 Å². The Labute approximate surface area is 177 Å². The molecule has 0 N–H and O–H groups in total. The molecule has 0 saturated heterocycles. The summed E-state index contributed by atoms with van der Waals surface area (Å²) < 4.78 is 14.0. The molecule has 0 unspecified atom stereocenters. The first-order chi connectivity index (χ1) is 14.7. The lowest BCUT2D eigenvalue weighted by Crippen LogP contribution is -2.36. The molecule has 1 aliphatic rings. The quantitative estimate of drug-likeness (QED) is 0.484. The lowest BCUT2D eigenvalue weighted by molar-refractivity contribution is 0.155. The van der Waals surface area contributed by atoms with E-state index in [1.807, 2.05) is 12.1 Å². The van der Waals surface area contributed by atoms with Crippen LogP contribution in [0.15, 0.2) is 30.6 Å². The minimum absolute atomic E-state index is 0.115. The SMILES string of the molecule is COc1ccc(CN2CCn3c(-c4nc5cnncc5s4)nnc3[C@H]2C)c(OC)c1. The van der Waals surface area contributed by atoms with Gasteiger partial charge in [-0.15, -0.1) is 21.5 Å². The lowest BCUT2D eigenvalue weighted by atomic mass is 10.1. The van der Waals surface area contributed by atoms with Crippen molar-refractivity contribution in [3.63, 3.8) is 0 Å². The lowest BCUT2D eigenvalue weighted by Gasteiger charge is -2.33. The van der Waals surface area contributed by atoms with Crippen LogP contribution in [0.25, 0.3) is 21.0 Å². The van der Waals surface area contributed by atoms with E-state index in [-0.39, 0.29) is 6.04 Å². The van der Waals surface area contributed by atoms with Crippen molar-refractivity contribution >= 4 is 21.6 Å². The van der Waals surface area contributed by atoms with Crippen molar-refractivity contribution in [1.29, 1.82) is 0 Å². The number of methoxy groups -OCH3 is 2. The second kappa shape index (κ2) is 7.62. The maximum atomic E-state index is 5.57. The second-order valence-corrected chi connectivity index (χ2v) is 8.15. The molecule has 1 atom stereocenters. The molecule has 0 bridgehead atoms. The highest BCUT2D eigenvalue weighted by molar-refractivity contribution is 7.21. The third-order valence-corrected chi connectivity index (χ3v) is 6.47. The maximum absolute atomic E-state index is 5.57. The van der Waals surface area contributed by atoms with E-state index in [2.05, 4.69) is 47.8 Å². The molecule has 3 aromatic heterocycles. The van der Waals surface area contributed by atoms with Crippen molar-refractivity contribution in [3.05, 3.63) is 42.0 Å². The summed E-state index contributed by atoms with van der Waals surface area (Å²) in [6.07, 6.45) is 3.41. The molecule has 1 aliphatic heterocycles. The number of hydrogen-bond donors (Lipinski definition) is 0. The van der Waals surface area contributed by atoms with Crippen LogP contribution in [0.5, 0.6) is 11.5 Å². The summed E-state index contributed by atoms with van der Waals surface area (Å²) in [6, 6.07) is 6.05. The third-order valence-electron chi connectivity index (χ3n) is 5.47. The van der Waals surface area contributed by atoms with Gasteiger partial charge < -0.3 is 14.0 Å². The van der Waals surface area contributed by atoms with Gasteiger partial charge in [-0.3, -0.25) is 4.90 Å². The topological polar surface area (TPSA) is 91.1 Å². The van der Waals surface area contributed by atoms with Gasteiger partial charge in [-0.25, -0.2) is 4.98 Å². The molecule has 154 valence electrons. The number of rotatable bonds is 5. The summed E-state index contributed by atoms with van der Waals surface area (Å²) >= 11 is 1.56. The Bertz CT molecular complexity index is 1170. The molecule has 30 heavy (non-hydrogen) atoms. The average molecular weight is 424 g/mol. The van der Waals surface area contributed by atoms with E-state index >= 15 is 0 Å². The van der Waals surface area contributed by atoms with Gasteiger partial charge in [0.15, 0.2) is 16.7 Å². The highest BCUT2D eigenvalue weighted by Gasteiger charge is 2.30. The predicted molar refractivity (Wildman–Crippen MR) is 113 cm³/mol. The molecule has 4 heterocycles. The van der Waals surface area contributed by atoms with Crippen molar-refractivity contribution in [2.75, 3.05) is 20.8 Å². The highest BCUT2D eigenvalue weighted by atomic mass is 32.1. The number of fused-ring (bicyclic) bond motifs is 2. The van der Waals surface area contributed by atoms with E-state index in [1.54, 1.807) is 38.0 Å². The number of ether oxygens (including phenoxy) is 2. The van der Waals surface area contributed by atoms with Crippen LogP contribution in [0.4, 0.5) is 0 Å². The van der Waals surface area contributed by atoms with Gasteiger partial charge in [0, 0.05) is 31.3 Å². The van der Waals surface area contributed by atoms with Crippen LogP contribution in [0.3, 0.4) is 0 Å². The minimum Gasteiger partial charge on any atom is -0.497 e. The van der Waals surface area contributed by atoms with Crippen molar-refractivity contribution in [1.82, 2.24) is 34.8 Å². The van der Waals surface area contributed by atoms with E-state index in [4.69, 9.17) is 9.47 Å². The minimum atomic E-state index is 0.115. The van der Waals surface area contributed by atoms with Crippen molar-refractivity contribution in [3.8, 4) is 22.3 Å². The van der Waals surface area contributed by atoms with Crippen LogP contribution < -0.4 is 9.47 Å². The van der Waals surface area contributed by atoms with E-state index in [9.17, 15) is 0 Å². The van der Waals surface area contributed by atoms with Crippen LogP contribution in [-0.4, -0.2) is 55.6 Å². The van der Waals surface area contributed by atoms with Crippen molar-refractivity contribution < 1.29 is 9.47 Å². The summed E-state index contributed by atoms with van der Waals surface area (Å²) in [5.74, 6) is 3.36. The van der Waals surface area contributed by atoms with Gasteiger partial charge in [0.05, 0.1) is 37.4 Å². The van der Waals surface area contributed by atoms with Gasteiger partial charge in [-0.05, 0) is 13.0 Å².